The first kappa shape index (κ1) is 25.0. The van der Waals surface area contributed by atoms with Crippen molar-refractivity contribution in [3.8, 4) is 0 Å². The van der Waals surface area contributed by atoms with Crippen LogP contribution in [-0.2, 0) is 15.4 Å². The van der Waals surface area contributed by atoms with Gasteiger partial charge in [0.25, 0.3) is 0 Å². The molecule has 1 aromatic carbocycles. The number of nitrogens with one attached hydrogen (secondary N) is 1. The van der Waals surface area contributed by atoms with Gasteiger partial charge in [-0.05, 0) is 93.8 Å². The van der Waals surface area contributed by atoms with Crippen LogP contribution in [-0.4, -0.2) is 80.1 Å². The predicted octanol–water partition coefficient (Wildman–Crippen LogP) is 4.35. The SMILES string of the molecule is CN(C)C(=O)N[C@@H]1CCC2(CCN(C3CCC4CCC(CC3)N4S(C)(=O)=O)CC2)c2ccccc21.[HH].[HH]. The third kappa shape index (κ3) is 4.86. The molecule has 7 nitrogen and oxygen atoms in total. The zero-order valence-corrected chi connectivity index (χ0v) is 22.4. The first-order valence-electron chi connectivity index (χ1n) is 13.5. The monoisotopic (exact) mass is 506 g/mol. The number of likely N-dealkylation sites (tertiary alicyclic amines) is 1. The first-order chi connectivity index (χ1) is 16.7. The molecule has 4 aliphatic rings. The van der Waals surface area contributed by atoms with E-state index in [2.05, 4.69) is 34.5 Å². The topological polar surface area (TPSA) is 73.0 Å². The van der Waals surface area contributed by atoms with Gasteiger partial charge in [0.15, 0.2) is 0 Å². The molecule has 3 atom stereocenters. The summed E-state index contributed by atoms with van der Waals surface area (Å²) in [4.78, 5) is 16.7. The molecule has 0 aromatic heterocycles. The average molecular weight is 507 g/mol. The molecule has 0 saturated carbocycles. The number of amides is 2. The van der Waals surface area contributed by atoms with Gasteiger partial charge in [-0.2, -0.15) is 4.31 Å². The van der Waals surface area contributed by atoms with Crippen molar-refractivity contribution in [2.24, 2.45) is 0 Å². The van der Waals surface area contributed by atoms with Gasteiger partial charge in [-0.1, -0.05) is 24.3 Å². The molecular formula is C27H46N4O3S. The second-order valence-electron chi connectivity index (χ2n) is 11.6. The van der Waals surface area contributed by atoms with Crippen molar-refractivity contribution in [2.75, 3.05) is 33.4 Å². The first-order valence-corrected chi connectivity index (χ1v) is 15.3. The number of sulfonamides is 1. The molecule has 1 N–H and O–H groups in total. The third-order valence-corrected chi connectivity index (χ3v) is 10.8. The van der Waals surface area contributed by atoms with Crippen molar-refractivity contribution in [1.29, 1.82) is 0 Å². The Morgan fingerprint density at radius 1 is 0.943 bits per heavy atom. The lowest BCUT2D eigenvalue weighted by atomic mass is 9.63. The standard InChI is InChI=1S/C27H42N4O3S.2H2/c1-29(2)26(32)28-25-14-15-27(24-7-5-4-6-23(24)25)16-18-30(19-17-27)20-8-10-21-12-13-22(11-9-20)31(21)35(3,33)34;;/h4-7,20-22,25H,8-19H2,1-3H3,(H,28,32);2*1H/t20?,21?,22?,25-;;/m1../s1. The van der Waals surface area contributed by atoms with Crippen molar-refractivity contribution in [2.45, 2.75) is 93.8 Å². The van der Waals surface area contributed by atoms with Crippen LogP contribution in [0.3, 0.4) is 0 Å². The molecular weight excluding hydrogens is 460 g/mol. The Morgan fingerprint density at radius 2 is 1.51 bits per heavy atom. The second-order valence-corrected chi connectivity index (χ2v) is 13.5. The number of nitrogens with zero attached hydrogens (tertiary/aromatic N) is 3. The van der Waals surface area contributed by atoms with Crippen molar-refractivity contribution >= 4 is 16.1 Å². The van der Waals surface area contributed by atoms with Crippen molar-refractivity contribution < 1.29 is 16.1 Å². The highest BCUT2D eigenvalue weighted by Gasteiger charge is 2.45. The van der Waals surface area contributed by atoms with Crippen LogP contribution in [0, 0.1) is 0 Å². The van der Waals surface area contributed by atoms with Crippen LogP contribution in [0.4, 0.5) is 4.79 Å². The highest BCUT2D eigenvalue weighted by molar-refractivity contribution is 7.88. The van der Waals surface area contributed by atoms with Gasteiger partial charge >= 0.3 is 6.03 Å². The molecule has 3 heterocycles. The number of benzene rings is 1. The maximum atomic E-state index is 12.4. The Kier molecular flexibility index (Phi) is 6.92. The molecule has 2 amide bonds. The minimum atomic E-state index is -3.12. The molecule has 3 fully saturated rings. The highest BCUT2D eigenvalue weighted by atomic mass is 32.2. The van der Waals surface area contributed by atoms with E-state index in [0.29, 0.717) is 6.04 Å². The lowest BCUT2D eigenvalue weighted by Gasteiger charge is -2.49. The summed E-state index contributed by atoms with van der Waals surface area (Å²) in [5.41, 5.74) is 2.94. The Morgan fingerprint density at radius 3 is 2.09 bits per heavy atom. The summed E-state index contributed by atoms with van der Waals surface area (Å²) in [6.45, 7) is 2.22. The molecule has 2 bridgehead atoms. The number of hydrogen-bond donors (Lipinski definition) is 1. The Labute approximate surface area is 214 Å². The number of hydrogen-bond acceptors (Lipinski definition) is 4. The van der Waals surface area contributed by atoms with E-state index < -0.39 is 10.0 Å². The average Bonchev–Trinajstić information content (AvgIpc) is 3.27. The van der Waals surface area contributed by atoms with Crippen LogP contribution >= 0.6 is 0 Å². The van der Waals surface area contributed by atoms with Gasteiger partial charge in [0.05, 0.1) is 12.3 Å². The van der Waals surface area contributed by atoms with Crippen molar-refractivity contribution in [1.82, 2.24) is 19.4 Å². The molecule has 5 rings (SSSR count). The van der Waals surface area contributed by atoms with Crippen LogP contribution in [0.15, 0.2) is 24.3 Å². The van der Waals surface area contributed by atoms with E-state index in [1.54, 1.807) is 19.0 Å². The van der Waals surface area contributed by atoms with Gasteiger partial charge in [0.2, 0.25) is 10.0 Å². The van der Waals surface area contributed by atoms with E-state index in [4.69, 9.17) is 0 Å². The molecule has 198 valence electrons. The maximum absolute atomic E-state index is 12.4. The highest BCUT2D eigenvalue weighted by Crippen LogP contribution is 2.48. The Bertz CT molecular complexity index is 1030. The lowest BCUT2D eigenvalue weighted by Crippen LogP contribution is -2.51. The zero-order valence-electron chi connectivity index (χ0n) is 21.6. The number of urea groups is 1. The predicted molar refractivity (Wildman–Crippen MR) is 143 cm³/mol. The number of fused-ring (bicyclic) bond motifs is 4. The summed E-state index contributed by atoms with van der Waals surface area (Å²) >= 11 is 0. The quantitative estimate of drug-likeness (QED) is 0.661. The molecule has 2 unspecified atom stereocenters. The Balaban J connectivity index is 0.00000190. The van der Waals surface area contributed by atoms with E-state index in [-0.39, 0.29) is 32.4 Å². The van der Waals surface area contributed by atoms with Crippen LogP contribution in [0.5, 0.6) is 0 Å². The molecule has 1 spiro atoms. The van der Waals surface area contributed by atoms with E-state index >= 15 is 0 Å². The normalized spacial score (nSPS) is 31.4. The molecule has 1 aromatic rings. The summed E-state index contributed by atoms with van der Waals surface area (Å²) < 4.78 is 26.6. The number of carbonyl (C=O) groups is 1. The minimum Gasteiger partial charge on any atom is -0.331 e. The molecule has 3 saturated heterocycles. The fourth-order valence-electron chi connectivity index (χ4n) is 7.56. The van der Waals surface area contributed by atoms with Gasteiger partial charge in [0, 0.05) is 35.1 Å². The summed E-state index contributed by atoms with van der Waals surface area (Å²) in [5, 5.41) is 3.23. The van der Waals surface area contributed by atoms with Gasteiger partial charge in [0.1, 0.15) is 0 Å². The maximum Gasteiger partial charge on any atom is 0.317 e. The summed E-state index contributed by atoms with van der Waals surface area (Å²) in [5.74, 6) is 0. The van der Waals surface area contributed by atoms with Gasteiger partial charge in [-0.3, -0.25) is 0 Å². The minimum absolute atomic E-state index is 0. The zero-order chi connectivity index (χ0) is 24.8. The fraction of sp³-hybridized carbons (Fsp3) is 0.741. The van der Waals surface area contributed by atoms with Crippen LogP contribution in [0.1, 0.15) is 84.2 Å². The van der Waals surface area contributed by atoms with Gasteiger partial charge in [-0.25, -0.2) is 13.2 Å². The Hall–Kier alpha value is -1.64. The molecule has 35 heavy (non-hydrogen) atoms. The van der Waals surface area contributed by atoms with Crippen LogP contribution in [0.25, 0.3) is 0 Å². The van der Waals surface area contributed by atoms with Crippen molar-refractivity contribution in [3.05, 3.63) is 35.4 Å². The number of piperidine rings is 1. The fourth-order valence-corrected chi connectivity index (χ4v) is 9.07. The number of carbonyl (C=O) groups excluding carboxylic acids is 1. The summed E-state index contributed by atoms with van der Waals surface area (Å²) in [6.07, 6.45) is 12.1. The van der Waals surface area contributed by atoms with Crippen LogP contribution in [0.2, 0.25) is 0 Å². The van der Waals surface area contributed by atoms with E-state index in [9.17, 15) is 13.2 Å². The molecule has 3 aliphatic heterocycles. The van der Waals surface area contributed by atoms with Gasteiger partial charge < -0.3 is 15.1 Å². The van der Waals surface area contributed by atoms with E-state index in [1.807, 2.05) is 4.31 Å². The molecule has 8 heteroatoms. The van der Waals surface area contributed by atoms with E-state index in [1.165, 1.54) is 17.4 Å². The summed E-state index contributed by atoms with van der Waals surface area (Å²) in [7, 11) is 0.468. The lowest BCUT2D eigenvalue weighted by molar-refractivity contribution is 0.0800. The second kappa shape index (κ2) is 9.67. The third-order valence-electron chi connectivity index (χ3n) is 9.40. The molecule has 0 radical (unpaired) electrons. The van der Waals surface area contributed by atoms with Crippen LogP contribution < -0.4 is 5.32 Å². The number of rotatable bonds is 3. The largest absolute Gasteiger partial charge is 0.331 e. The van der Waals surface area contributed by atoms with Crippen molar-refractivity contribution in [3.63, 3.8) is 0 Å². The molecule has 1 aliphatic carbocycles. The smallest absolute Gasteiger partial charge is 0.317 e. The van der Waals surface area contributed by atoms with Gasteiger partial charge in [-0.15, -0.1) is 0 Å². The van der Waals surface area contributed by atoms with E-state index in [0.717, 1.165) is 77.3 Å². The summed E-state index contributed by atoms with van der Waals surface area (Å²) in [6, 6.07) is 9.80.